The third-order valence-electron chi connectivity index (χ3n) is 3.49. The molecular formula is C14H21N5O2. The topological polar surface area (TPSA) is 101 Å². The molecular weight excluding hydrogens is 270 g/mol. The number of carbonyl (C=O) groups is 1. The van der Waals surface area contributed by atoms with Crippen molar-refractivity contribution in [2.75, 3.05) is 13.6 Å². The van der Waals surface area contributed by atoms with Gasteiger partial charge in [0.25, 0.3) is 5.91 Å². The number of rotatable bonds is 6. The second kappa shape index (κ2) is 6.53. The van der Waals surface area contributed by atoms with E-state index in [2.05, 4.69) is 15.2 Å². The van der Waals surface area contributed by atoms with Crippen LogP contribution in [0.1, 0.15) is 39.8 Å². The Morgan fingerprint density at radius 2 is 2.24 bits per heavy atom. The van der Waals surface area contributed by atoms with Crippen molar-refractivity contribution < 1.29 is 9.21 Å². The molecule has 0 unspecified atom stereocenters. The van der Waals surface area contributed by atoms with E-state index in [0.29, 0.717) is 18.1 Å². The van der Waals surface area contributed by atoms with E-state index in [4.69, 9.17) is 10.2 Å². The van der Waals surface area contributed by atoms with E-state index in [1.165, 1.54) is 11.8 Å². The predicted octanol–water partition coefficient (Wildman–Crippen LogP) is 1.18. The number of oxazole rings is 1. The zero-order chi connectivity index (χ0) is 15.4. The molecule has 7 heteroatoms. The number of hydrogen-bond donors (Lipinski definition) is 2. The minimum Gasteiger partial charge on any atom is -0.447 e. The maximum Gasteiger partial charge on any atom is 0.275 e. The van der Waals surface area contributed by atoms with Crippen LogP contribution in [-0.4, -0.2) is 39.6 Å². The van der Waals surface area contributed by atoms with E-state index in [9.17, 15) is 4.79 Å². The van der Waals surface area contributed by atoms with Crippen molar-refractivity contribution in [2.45, 2.75) is 33.2 Å². The van der Waals surface area contributed by atoms with E-state index >= 15 is 0 Å². The molecule has 21 heavy (non-hydrogen) atoms. The first-order valence-corrected chi connectivity index (χ1v) is 6.93. The average molecular weight is 291 g/mol. The summed E-state index contributed by atoms with van der Waals surface area (Å²) in [5.74, 6) is 0.218. The Morgan fingerprint density at radius 1 is 1.48 bits per heavy atom. The van der Waals surface area contributed by atoms with Gasteiger partial charge in [0.1, 0.15) is 6.26 Å². The van der Waals surface area contributed by atoms with Gasteiger partial charge in [0.05, 0.1) is 12.2 Å². The van der Waals surface area contributed by atoms with Crippen molar-refractivity contribution >= 4 is 5.91 Å². The highest BCUT2D eigenvalue weighted by molar-refractivity contribution is 5.91. The molecule has 0 bridgehead atoms. The molecule has 3 N–H and O–H groups in total. The van der Waals surface area contributed by atoms with Gasteiger partial charge in [-0.15, -0.1) is 0 Å². The summed E-state index contributed by atoms with van der Waals surface area (Å²) >= 11 is 0. The van der Waals surface area contributed by atoms with Crippen LogP contribution in [0.3, 0.4) is 0 Å². The van der Waals surface area contributed by atoms with Crippen LogP contribution in [0.2, 0.25) is 0 Å². The average Bonchev–Trinajstić information content (AvgIpc) is 3.07. The fraction of sp³-hybridized carbons (Fsp3) is 0.500. The molecule has 0 fully saturated rings. The third kappa shape index (κ3) is 3.49. The lowest BCUT2D eigenvalue weighted by Crippen LogP contribution is -2.28. The molecule has 2 heterocycles. The Labute approximate surface area is 123 Å². The van der Waals surface area contributed by atoms with E-state index in [-0.39, 0.29) is 12.5 Å². The molecule has 0 aliphatic heterocycles. The van der Waals surface area contributed by atoms with Crippen molar-refractivity contribution in [1.29, 1.82) is 0 Å². The number of hydrogen-bond acceptors (Lipinski definition) is 5. The van der Waals surface area contributed by atoms with E-state index in [0.717, 1.165) is 24.2 Å². The largest absolute Gasteiger partial charge is 0.447 e. The molecule has 2 aromatic heterocycles. The number of H-pyrrole nitrogens is 1. The zero-order valence-corrected chi connectivity index (χ0v) is 12.6. The lowest BCUT2D eigenvalue weighted by Gasteiger charge is -2.15. The second-order valence-corrected chi connectivity index (χ2v) is 5.07. The molecule has 0 spiro atoms. The Hall–Kier alpha value is -2.15. The first kappa shape index (κ1) is 15.2. The van der Waals surface area contributed by atoms with Crippen molar-refractivity contribution in [3.8, 4) is 0 Å². The smallest absolute Gasteiger partial charge is 0.275 e. The summed E-state index contributed by atoms with van der Waals surface area (Å²) in [7, 11) is 1.76. The van der Waals surface area contributed by atoms with Crippen molar-refractivity contribution in [2.24, 2.45) is 5.73 Å². The molecule has 1 amide bonds. The standard InChI is InChI=1S/C14H21N5O2/c1-9-11(10(2)18-17-9)5-4-6-19(3)14(20)12-8-21-13(7-15)16-12/h8H,4-7,15H2,1-3H3,(H,17,18). The number of aryl methyl sites for hydroxylation is 2. The van der Waals surface area contributed by atoms with Crippen LogP contribution in [-0.2, 0) is 13.0 Å². The van der Waals surface area contributed by atoms with Crippen LogP contribution in [0.25, 0.3) is 0 Å². The van der Waals surface area contributed by atoms with Crippen LogP contribution in [0, 0.1) is 13.8 Å². The summed E-state index contributed by atoms with van der Waals surface area (Å²) in [6.45, 7) is 4.83. The van der Waals surface area contributed by atoms with Crippen LogP contribution in [0.4, 0.5) is 0 Å². The van der Waals surface area contributed by atoms with Crippen LogP contribution < -0.4 is 5.73 Å². The van der Waals surface area contributed by atoms with Gasteiger partial charge in [-0.2, -0.15) is 5.10 Å². The number of carbonyl (C=O) groups excluding carboxylic acids is 1. The summed E-state index contributed by atoms with van der Waals surface area (Å²) in [4.78, 5) is 17.8. The Balaban J connectivity index is 1.87. The van der Waals surface area contributed by atoms with E-state index < -0.39 is 0 Å². The van der Waals surface area contributed by atoms with Gasteiger partial charge in [-0.1, -0.05) is 0 Å². The molecule has 2 aromatic rings. The Kier molecular flexibility index (Phi) is 4.74. The SMILES string of the molecule is Cc1n[nH]c(C)c1CCCN(C)C(=O)c1coc(CN)n1. The minimum absolute atomic E-state index is 0.154. The lowest BCUT2D eigenvalue weighted by atomic mass is 10.1. The molecule has 114 valence electrons. The first-order valence-electron chi connectivity index (χ1n) is 6.93. The molecule has 0 aliphatic carbocycles. The van der Waals surface area contributed by atoms with Crippen LogP contribution >= 0.6 is 0 Å². The van der Waals surface area contributed by atoms with E-state index in [1.54, 1.807) is 11.9 Å². The van der Waals surface area contributed by atoms with Crippen LogP contribution in [0.5, 0.6) is 0 Å². The van der Waals surface area contributed by atoms with Crippen molar-refractivity contribution in [1.82, 2.24) is 20.1 Å². The number of nitrogens with one attached hydrogen (secondary N) is 1. The monoisotopic (exact) mass is 291 g/mol. The van der Waals surface area contributed by atoms with Gasteiger partial charge in [0.2, 0.25) is 5.89 Å². The fourth-order valence-electron chi connectivity index (χ4n) is 2.24. The van der Waals surface area contributed by atoms with Crippen molar-refractivity contribution in [3.05, 3.63) is 34.8 Å². The predicted molar refractivity (Wildman–Crippen MR) is 77.7 cm³/mol. The van der Waals surface area contributed by atoms with Gasteiger partial charge >= 0.3 is 0 Å². The Morgan fingerprint density at radius 3 is 2.81 bits per heavy atom. The highest BCUT2D eigenvalue weighted by atomic mass is 16.3. The summed E-state index contributed by atoms with van der Waals surface area (Å²) in [5, 5.41) is 7.14. The summed E-state index contributed by atoms with van der Waals surface area (Å²) < 4.78 is 5.08. The molecule has 2 rings (SSSR count). The van der Waals surface area contributed by atoms with Gasteiger partial charge in [-0.25, -0.2) is 4.98 Å². The van der Waals surface area contributed by atoms with Gasteiger partial charge in [0, 0.05) is 19.3 Å². The normalized spacial score (nSPS) is 10.9. The van der Waals surface area contributed by atoms with Crippen molar-refractivity contribution in [3.63, 3.8) is 0 Å². The first-order chi connectivity index (χ1) is 10.0. The molecule has 0 saturated carbocycles. The number of aromatic nitrogens is 3. The molecule has 0 atom stereocenters. The van der Waals surface area contributed by atoms with Crippen LogP contribution in [0.15, 0.2) is 10.7 Å². The quantitative estimate of drug-likeness (QED) is 0.832. The second-order valence-electron chi connectivity index (χ2n) is 5.07. The summed E-state index contributed by atoms with van der Waals surface area (Å²) in [6.07, 6.45) is 3.11. The molecule has 0 radical (unpaired) electrons. The van der Waals surface area contributed by atoms with Gasteiger partial charge in [0.15, 0.2) is 5.69 Å². The van der Waals surface area contributed by atoms with E-state index in [1.807, 2.05) is 13.8 Å². The molecule has 7 nitrogen and oxygen atoms in total. The lowest BCUT2D eigenvalue weighted by molar-refractivity contribution is 0.0787. The fourth-order valence-corrected chi connectivity index (χ4v) is 2.24. The molecule has 0 saturated heterocycles. The molecule has 0 aliphatic rings. The zero-order valence-electron chi connectivity index (χ0n) is 12.6. The van der Waals surface area contributed by atoms with Gasteiger partial charge in [-0.05, 0) is 32.3 Å². The maximum atomic E-state index is 12.1. The number of amides is 1. The highest BCUT2D eigenvalue weighted by Crippen LogP contribution is 2.12. The minimum atomic E-state index is -0.154. The summed E-state index contributed by atoms with van der Waals surface area (Å²) in [6, 6.07) is 0. The van der Waals surface area contributed by atoms with Gasteiger partial charge < -0.3 is 15.1 Å². The van der Waals surface area contributed by atoms with Gasteiger partial charge in [-0.3, -0.25) is 9.89 Å². The Bertz CT molecular complexity index is 597. The highest BCUT2D eigenvalue weighted by Gasteiger charge is 2.16. The number of aromatic amines is 1. The number of nitrogens with zero attached hydrogens (tertiary/aromatic N) is 3. The number of nitrogens with two attached hydrogens (primary N) is 1. The maximum absolute atomic E-state index is 12.1. The molecule has 0 aromatic carbocycles. The third-order valence-corrected chi connectivity index (χ3v) is 3.49. The summed E-state index contributed by atoms with van der Waals surface area (Å²) in [5.41, 5.74) is 9.04.